The molecule has 0 fully saturated rings. The zero-order valence-corrected chi connectivity index (χ0v) is 20.0. The normalized spacial score (nSPS) is 14.4. The van der Waals surface area contributed by atoms with E-state index in [-0.39, 0.29) is 10.9 Å². The summed E-state index contributed by atoms with van der Waals surface area (Å²) in [7, 11) is 0. The molecule has 182 valence electrons. The van der Waals surface area contributed by atoms with Crippen molar-refractivity contribution in [2.24, 2.45) is 0 Å². The fraction of sp³-hybridized carbons (Fsp3) is 0.259. The topological polar surface area (TPSA) is 94.1 Å². The summed E-state index contributed by atoms with van der Waals surface area (Å²) in [5.41, 5.74) is 2.08. The maximum atomic E-state index is 12.5. The number of nitrogens with one attached hydrogen (secondary N) is 1. The number of amides is 1. The number of rotatable bonds is 9. The van der Waals surface area contributed by atoms with E-state index in [1.54, 1.807) is 36.4 Å². The lowest BCUT2D eigenvalue weighted by Crippen LogP contribution is -2.25. The van der Waals surface area contributed by atoms with Crippen LogP contribution in [-0.4, -0.2) is 36.7 Å². The monoisotopic (exact) mass is 495 g/mol. The fourth-order valence-corrected chi connectivity index (χ4v) is 4.16. The molecule has 3 aromatic carbocycles. The van der Waals surface area contributed by atoms with Crippen molar-refractivity contribution >= 4 is 23.5 Å². The van der Waals surface area contributed by atoms with Crippen LogP contribution in [-0.2, 0) is 11.2 Å². The number of carboxylic acids is 1. The summed E-state index contributed by atoms with van der Waals surface area (Å²) >= 11 is 6.35. The molecule has 3 aromatic rings. The molecular formula is C27H26ClNO6. The Bertz CT molecular complexity index is 1210. The minimum atomic E-state index is -0.911. The van der Waals surface area contributed by atoms with E-state index in [0.29, 0.717) is 61.0 Å². The number of fused-ring (bicyclic) bond motifs is 1. The van der Waals surface area contributed by atoms with Crippen LogP contribution in [0.2, 0.25) is 5.02 Å². The van der Waals surface area contributed by atoms with Gasteiger partial charge in [0.1, 0.15) is 23.0 Å². The number of hydrogen-bond acceptors (Lipinski definition) is 5. The summed E-state index contributed by atoms with van der Waals surface area (Å²) < 4.78 is 17.1. The molecule has 1 amide bonds. The van der Waals surface area contributed by atoms with Gasteiger partial charge in [-0.1, -0.05) is 29.8 Å². The molecule has 0 aromatic heterocycles. The molecule has 0 saturated carbocycles. The van der Waals surface area contributed by atoms with Crippen LogP contribution in [0.3, 0.4) is 0 Å². The number of ether oxygens (including phenoxy) is 3. The molecule has 0 aliphatic carbocycles. The lowest BCUT2D eigenvalue weighted by atomic mass is 9.93. The molecule has 2 N–H and O–H groups in total. The number of carboxylic acid groups (broad SMARTS) is 1. The van der Waals surface area contributed by atoms with Crippen molar-refractivity contribution in [3.05, 3.63) is 82.4 Å². The van der Waals surface area contributed by atoms with Gasteiger partial charge in [0.05, 0.1) is 24.2 Å². The van der Waals surface area contributed by atoms with E-state index < -0.39 is 11.9 Å². The molecule has 8 heteroatoms. The number of benzene rings is 3. The molecule has 0 spiro atoms. The quantitative estimate of drug-likeness (QED) is 0.409. The Labute approximate surface area is 208 Å². The van der Waals surface area contributed by atoms with Crippen molar-refractivity contribution in [1.82, 2.24) is 5.32 Å². The first-order valence-corrected chi connectivity index (χ1v) is 11.8. The molecular weight excluding hydrogens is 470 g/mol. The Kier molecular flexibility index (Phi) is 7.77. The molecule has 4 rings (SSSR count). The van der Waals surface area contributed by atoms with Crippen LogP contribution in [0, 0.1) is 0 Å². The van der Waals surface area contributed by atoms with Gasteiger partial charge in [-0.05, 0) is 61.7 Å². The second-order valence-electron chi connectivity index (χ2n) is 8.02. The van der Waals surface area contributed by atoms with Crippen LogP contribution < -0.4 is 19.5 Å². The number of carbonyl (C=O) groups excluding carboxylic acids is 1. The number of halogens is 1. The average molecular weight is 496 g/mol. The molecule has 0 saturated heterocycles. The summed E-state index contributed by atoms with van der Waals surface area (Å²) in [6.45, 7) is 3.31. The average Bonchev–Trinajstić information content (AvgIpc) is 2.85. The summed E-state index contributed by atoms with van der Waals surface area (Å²) in [4.78, 5) is 24.0. The molecule has 0 radical (unpaired) electrons. The van der Waals surface area contributed by atoms with Gasteiger partial charge in [0.15, 0.2) is 0 Å². The lowest BCUT2D eigenvalue weighted by molar-refractivity contribution is -0.139. The number of para-hydroxylation sites is 1. The summed E-state index contributed by atoms with van der Waals surface area (Å²) in [5, 5.41) is 12.6. The Hall–Kier alpha value is -3.71. The van der Waals surface area contributed by atoms with E-state index in [9.17, 15) is 14.7 Å². The van der Waals surface area contributed by atoms with Gasteiger partial charge in [0.2, 0.25) is 0 Å². The van der Waals surface area contributed by atoms with Gasteiger partial charge in [0, 0.05) is 23.7 Å². The van der Waals surface area contributed by atoms with Crippen molar-refractivity contribution in [2.45, 2.75) is 25.7 Å². The third-order valence-electron chi connectivity index (χ3n) is 5.70. The number of hydrogen-bond donors (Lipinski definition) is 2. The van der Waals surface area contributed by atoms with Gasteiger partial charge in [-0.25, -0.2) is 0 Å². The van der Waals surface area contributed by atoms with Gasteiger partial charge >= 0.3 is 5.97 Å². The van der Waals surface area contributed by atoms with Crippen LogP contribution in [0.15, 0.2) is 60.7 Å². The minimum Gasteiger partial charge on any atom is -0.494 e. The van der Waals surface area contributed by atoms with Crippen LogP contribution in [0.4, 0.5) is 0 Å². The predicted molar refractivity (Wildman–Crippen MR) is 132 cm³/mol. The summed E-state index contributed by atoms with van der Waals surface area (Å²) in [6, 6.07) is 17.7. The van der Waals surface area contributed by atoms with E-state index in [4.69, 9.17) is 25.8 Å². The third-order valence-corrected chi connectivity index (χ3v) is 5.99. The van der Waals surface area contributed by atoms with E-state index >= 15 is 0 Å². The van der Waals surface area contributed by atoms with Crippen molar-refractivity contribution < 1.29 is 28.9 Å². The molecule has 0 bridgehead atoms. The van der Waals surface area contributed by atoms with Crippen LogP contribution >= 0.6 is 11.6 Å². The van der Waals surface area contributed by atoms with Crippen molar-refractivity contribution in [3.8, 4) is 23.0 Å². The highest BCUT2D eigenvalue weighted by Crippen LogP contribution is 2.41. The van der Waals surface area contributed by atoms with Crippen molar-refractivity contribution in [2.75, 3.05) is 19.8 Å². The lowest BCUT2D eigenvalue weighted by Gasteiger charge is -2.24. The van der Waals surface area contributed by atoms with Gasteiger partial charge in [0.25, 0.3) is 5.91 Å². The van der Waals surface area contributed by atoms with Crippen LogP contribution in [0.25, 0.3) is 0 Å². The van der Waals surface area contributed by atoms with Crippen LogP contribution in [0.5, 0.6) is 23.0 Å². The Balaban J connectivity index is 1.37. The Morgan fingerprint density at radius 2 is 1.89 bits per heavy atom. The van der Waals surface area contributed by atoms with Crippen molar-refractivity contribution in [1.29, 1.82) is 0 Å². The second kappa shape index (κ2) is 11.1. The fourth-order valence-electron chi connectivity index (χ4n) is 3.95. The Morgan fingerprint density at radius 1 is 1.11 bits per heavy atom. The van der Waals surface area contributed by atoms with E-state index in [1.165, 1.54) is 0 Å². The zero-order chi connectivity index (χ0) is 24.8. The van der Waals surface area contributed by atoms with Gasteiger partial charge < -0.3 is 24.6 Å². The van der Waals surface area contributed by atoms with E-state index in [2.05, 4.69) is 5.32 Å². The Morgan fingerprint density at radius 3 is 2.63 bits per heavy atom. The maximum absolute atomic E-state index is 12.5. The van der Waals surface area contributed by atoms with Crippen molar-refractivity contribution in [3.63, 3.8) is 0 Å². The SMILES string of the molecule is CCOc1ccccc1CCNC(=O)c1ccc(Oc2cc3c(cc2Cl)C(C(=O)O)CCO3)cc1. The second-order valence-corrected chi connectivity index (χ2v) is 8.43. The largest absolute Gasteiger partial charge is 0.494 e. The zero-order valence-electron chi connectivity index (χ0n) is 19.3. The van der Waals surface area contributed by atoms with Gasteiger partial charge in [-0.2, -0.15) is 0 Å². The molecule has 7 nitrogen and oxygen atoms in total. The summed E-state index contributed by atoms with van der Waals surface area (Å²) in [6.07, 6.45) is 1.05. The highest BCUT2D eigenvalue weighted by atomic mass is 35.5. The first-order valence-electron chi connectivity index (χ1n) is 11.4. The van der Waals surface area contributed by atoms with Gasteiger partial charge in [-0.15, -0.1) is 0 Å². The first-order chi connectivity index (χ1) is 17.0. The number of carbonyl (C=O) groups is 2. The molecule has 1 aliphatic rings. The van der Waals surface area contributed by atoms with Gasteiger partial charge in [-0.3, -0.25) is 9.59 Å². The predicted octanol–water partition coefficient (Wildman–Crippen LogP) is 5.45. The highest BCUT2D eigenvalue weighted by molar-refractivity contribution is 6.32. The molecule has 35 heavy (non-hydrogen) atoms. The standard InChI is InChI=1S/C27H26ClNO6/c1-2-33-23-6-4-3-5-17(23)11-13-29-26(30)18-7-9-19(10-8-18)35-25-16-24-21(15-22(25)28)20(27(31)32)12-14-34-24/h3-10,15-16,20H,2,11-14H2,1H3,(H,29,30)(H,31,32). The molecule has 1 heterocycles. The smallest absolute Gasteiger partial charge is 0.311 e. The first kappa shape index (κ1) is 24.4. The minimum absolute atomic E-state index is 0.189. The molecule has 1 aliphatic heterocycles. The third kappa shape index (κ3) is 5.87. The van der Waals surface area contributed by atoms with E-state index in [0.717, 1.165) is 11.3 Å². The van der Waals surface area contributed by atoms with E-state index in [1.807, 2.05) is 31.2 Å². The van der Waals surface area contributed by atoms with Crippen LogP contribution in [0.1, 0.15) is 40.7 Å². The molecule has 1 atom stereocenters. The maximum Gasteiger partial charge on any atom is 0.311 e. The number of aliphatic carboxylic acids is 1. The highest BCUT2D eigenvalue weighted by Gasteiger charge is 2.29. The summed E-state index contributed by atoms with van der Waals surface area (Å²) in [5.74, 6) is 0.356. The molecule has 1 unspecified atom stereocenters.